The number of hydrogen-bond donors (Lipinski definition) is 0. The second-order valence-corrected chi connectivity index (χ2v) is 3.77. The quantitative estimate of drug-likeness (QED) is 0.538. The zero-order valence-corrected chi connectivity index (χ0v) is 13.1. The van der Waals surface area contributed by atoms with Crippen molar-refractivity contribution in [3.63, 3.8) is 0 Å². The summed E-state index contributed by atoms with van der Waals surface area (Å²) in [6, 6.07) is 0. The zero-order valence-electron chi connectivity index (χ0n) is 11.8. The van der Waals surface area contributed by atoms with Gasteiger partial charge in [0, 0.05) is 0 Å². The maximum atomic E-state index is 11.5. The van der Waals surface area contributed by atoms with E-state index in [4.69, 9.17) is 4.74 Å². The van der Waals surface area contributed by atoms with Gasteiger partial charge in [-0.15, -0.1) is 6.42 Å². The van der Waals surface area contributed by atoms with Crippen LogP contribution in [0, 0.1) is 19.8 Å². The molecule has 1 atom stereocenters. The maximum Gasteiger partial charge on any atom is 2.00 e. The van der Waals surface area contributed by atoms with Crippen molar-refractivity contribution >= 4 is 5.97 Å². The zero-order chi connectivity index (χ0) is 13.0. The number of rotatable bonds is 6. The molecule has 0 heterocycles. The van der Waals surface area contributed by atoms with Crippen molar-refractivity contribution in [1.29, 1.82) is 0 Å². The van der Waals surface area contributed by atoms with Crippen LogP contribution in [-0.4, -0.2) is 12.1 Å². The van der Waals surface area contributed by atoms with E-state index in [0.717, 1.165) is 25.7 Å². The third kappa shape index (κ3) is 12.3. The standard InChI is InChI=1S/C11H21O2.C3H7.Cr/c1-5-9(6-2)11(12)13-10(7-3)8-4;1-3-2;/h9-10H,3,5-8H2,1-2,4H3;1,3H2,2H3;/q2*-1;+2. The van der Waals surface area contributed by atoms with E-state index in [9.17, 15) is 4.79 Å². The molecule has 2 nitrogen and oxygen atoms in total. The molecule has 0 saturated carbocycles. The van der Waals surface area contributed by atoms with Crippen molar-refractivity contribution < 1.29 is 26.9 Å². The maximum absolute atomic E-state index is 11.5. The molecule has 102 valence electrons. The SMILES string of the molecule is [CH2-]CC.[CH2-]CC(CC)OC(=O)C(CC)CC.[Cr+2]. The van der Waals surface area contributed by atoms with E-state index < -0.39 is 0 Å². The minimum atomic E-state index is -0.0551. The normalized spacial score (nSPS) is 11.0. The number of carbonyl (C=O) groups is 1. The Labute approximate surface area is 119 Å². The first kappa shape index (κ1) is 22.2. The second-order valence-electron chi connectivity index (χ2n) is 3.77. The molecule has 17 heavy (non-hydrogen) atoms. The number of esters is 1. The molecule has 0 aromatic carbocycles. The molecule has 0 aliphatic rings. The molecule has 0 fully saturated rings. The monoisotopic (exact) mass is 280 g/mol. The molecule has 0 amide bonds. The van der Waals surface area contributed by atoms with Crippen molar-refractivity contribution in [2.24, 2.45) is 5.92 Å². The van der Waals surface area contributed by atoms with Gasteiger partial charge in [-0.25, -0.2) is 0 Å². The van der Waals surface area contributed by atoms with Crippen molar-refractivity contribution in [1.82, 2.24) is 0 Å². The predicted molar refractivity (Wildman–Crippen MR) is 69.9 cm³/mol. The van der Waals surface area contributed by atoms with Crippen LogP contribution in [0.5, 0.6) is 0 Å². The molecule has 1 unspecified atom stereocenters. The summed E-state index contributed by atoms with van der Waals surface area (Å²) in [5.41, 5.74) is 0. The molecular formula is C14H28CrO2. The summed E-state index contributed by atoms with van der Waals surface area (Å²) < 4.78 is 5.29. The van der Waals surface area contributed by atoms with Gasteiger partial charge in [-0.2, -0.15) is 6.42 Å². The molecule has 0 aliphatic heterocycles. The molecule has 0 spiro atoms. The van der Waals surface area contributed by atoms with Crippen molar-refractivity contribution in [3.8, 4) is 0 Å². The van der Waals surface area contributed by atoms with E-state index in [2.05, 4.69) is 13.8 Å². The fourth-order valence-electron chi connectivity index (χ4n) is 1.23. The van der Waals surface area contributed by atoms with E-state index in [0.29, 0.717) is 6.42 Å². The van der Waals surface area contributed by atoms with Crippen LogP contribution < -0.4 is 0 Å². The molecule has 0 saturated heterocycles. The van der Waals surface area contributed by atoms with Crippen LogP contribution >= 0.6 is 0 Å². The number of ether oxygens (including phenoxy) is 1. The van der Waals surface area contributed by atoms with Gasteiger partial charge in [0.15, 0.2) is 0 Å². The summed E-state index contributed by atoms with van der Waals surface area (Å²) in [6.07, 6.45) is 4.26. The molecule has 0 radical (unpaired) electrons. The Balaban J connectivity index is -0.000000440. The van der Waals surface area contributed by atoms with Gasteiger partial charge in [-0.05, 0) is 19.3 Å². The van der Waals surface area contributed by atoms with Crippen LogP contribution in [-0.2, 0) is 26.9 Å². The van der Waals surface area contributed by atoms with Gasteiger partial charge < -0.3 is 18.6 Å². The van der Waals surface area contributed by atoms with Crippen LogP contribution in [0.1, 0.15) is 59.8 Å². The molecule has 0 bridgehead atoms. The fourth-order valence-corrected chi connectivity index (χ4v) is 1.23. The van der Waals surface area contributed by atoms with Gasteiger partial charge in [0.05, 0.1) is 12.0 Å². The summed E-state index contributed by atoms with van der Waals surface area (Å²) in [5.74, 6) is 0.0149. The Hall–Kier alpha value is 0.00247. The third-order valence-electron chi connectivity index (χ3n) is 2.38. The minimum Gasteiger partial charge on any atom is -0.465 e. The first-order valence-corrected chi connectivity index (χ1v) is 6.39. The van der Waals surface area contributed by atoms with Crippen molar-refractivity contribution in [2.45, 2.75) is 65.9 Å². The van der Waals surface area contributed by atoms with Gasteiger partial charge in [-0.3, -0.25) is 4.79 Å². The van der Waals surface area contributed by atoms with Crippen molar-refractivity contribution in [3.05, 3.63) is 13.8 Å². The Morgan fingerprint density at radius 2 is 1.47 bits per heavy atom. The first-order chi connectivity index (χ1) is 7.60. The van der Waals surface area contributed by atoms with Gasteiger partial charge in [0.2, 0.25) is 0 Å². The van der Waals surface area contributed by atoms with E-state index in [1.807, 2.05) is 27.7 Å². The van der Waals surface area contributed by atoms with Crippen LogP contribution in [0.3, 0.4) is 0 Å². The topological polar surface area (TPSA) is 26.3 Å². The molecule has 0 rings (SSSR count). The average molecular weight is 280 g/mol. The molecular weight excluding hydrogens is 252 g/mol. The van der Waals surface area contributed by atoms with Crippen molar-refractivity contribution in [2.75, 3.05) is 0 Å². The summed E-state index contributed by atoms with van der Waals surface area (Å²) in [7, 11) is 0. The fraction of sp³-hybridized carbons (Fsp3) is 0.786. The first-order valence-electron chi connectivity index (χ1n) is 6.39. The largest absolute Gasteiger partial charge is 2.00 e. The molecule has 3 heteroatoms. The summed E-state index contributed by atoms with van der Waals surface area (Å²) in [6.45, 7) is 15.3. The Morgan fingerprint density at radius 1 is 1.06 bits per heavy atom. The predicted octanol–water partition coefficient (Wildman–Crippen LogP) is 4.20. The summed E-state index contributed by atoms with van der Waals surface area (Å²) in [4.78, 5) is 11.5. The molecule has 0 aromatic heterocycles. The van der Waals surface area contributed by atoms with E-state index >= 15 is 0 Å². The summed E-state index contributed by atoms with van der Waals surface area (Å²) in [5, 5.41) is 0. The Morgan fingerprint density at radius 3 is 1.71 bits per heavy atom. The smallest absolute Gasteiger partial charge is 0.465 e. The van der Waals surface area contributed by atoms with E-state index in [-0.39, 0.29) is 35.4 Å². The van der Waals surface area contributed by atoms with Gasteiger partial charge in [-0.1, -0.05) is 27.7 Å². The van der Waals surface area contributed by atoms with Crippen LogP contribution in [0.25, 0.3) is 0 Å². The third-order valence-corrected chi connectivity index (χ3v) is 2.38. The minimum absolute atomic E-state index is 0. The Bertz CT molecular complexity index is 152. The number of carbonyl (C=O) groups excluding carboxylic acids is 1. The van der Waals surface area contributed by atoms with Crippen LogP contribution in [0.4, 0.5) is 0 Å². The summed E-state index contributed by atoms with van der Waals surface area (Å²) >= 11 is 0. The second kappa shape index (κ2) is 16.0. The number of hydrogen-bond acceptors (Lipinski definition) is 2. The van der Waals surface area contributed by atoms with Gasteiger partial charge in [0.1, 0.15) is 0 Å². The van der Waals surface area contributed by atoms with E-state index in [1.165, 1.54) is 0 Å². The van der Waals surface area contributed by atoms with Gasteiger partial charge in [0.25, 0.3) is 0 Å². The van der Waals surface area contributed by atoms with Crippen LogP contribution in [0.2, 0.25) is 0 Å². The Kier molecular flexibility index (Phi) is 20.9. The molecule has 0 aromatic rings. The molecule has 0 aliphatic carbocycles. The van der Waals surface area contributed by atoms with E-state index in [1.54, 1.807) is 0 Å². The van der Waals surface area contributed by atoms with Gasteiger partial charge >= 0.3 is 23.3 Å². The molecule has 0 N–H and O–H groups in total. The average Bonchev–Trinajstić information content (AvgIpc) is 2.28. The van der Waals surface area contributed by atoms with Crippen LogP contribution in [0.15, 0.2) is 0 Å².